The molecular formula is C32H36N6O. The van der Waals surface area contributed by atoms with Crippen molar-refractivity contribution in [2.24, 2.45) is 0 Å². The van der Waals surface area contributed by atoms with Crippen molar-refractivity contribution in [1.82, 2.24) is 30.6 Å². The van der Waals surface area contributed by atoms with Gasteiger partial charge in [-0.15, -0.1) is 0 Å². The van der Waals surface area contributed by atoms with Gasteiger partial charge in [0.15, 0.2) is 0 Å². The van der Waals surface area contributed by atoms with Gasteiger partial charge < -0.3 is 25.3 Å². The van der Waals surface area contributed by atoms with Gasteiger partial charge in [-0.1, -0.05) is 31.5 Å². The molecule has 2 aromatic heterocycles. The van der Waals surface area contributed by atoms with E-state index in [0.717, 1.165) is 70.0 Å². The fraction of sp³-hybridized carbons (Fsp3) is 0.375. The summed E-state index contributed by atoms with van der Waals surface area (Å²) in [5.74, 6) is 2.91. The van der Waals surface area contributed by atoms with Crippen molar-refractivity contribution in [2.75, 3.05) is 0 Å². The summed E-state index contributed by atoms with van der Waals surface area (Å²) in [6, 6.07) is 16.7. The van der Waals surface area contributed by atoms with Crippen LogP contribution in [-0.2, 0) is 13.2 Å². The van der Waals surface area contributed by atoms with Crippen LogP contribution < -0.4 is 15.4 Å². The molecule has 4 heterocycles. The number of aromatic nitrogens is 4. The number of aromatic amines is 2. The Balaban J connectivity index is 1.18. The maximum Gasteiger partial charge on any atom is 0.128 e. The van der Waals surface area contributed by atoms with Crippen molar-refractivity contribution in [3.63, 3.8) is 0 Å². The highest BCUT2D eigenvalue weighted by atomic mass is 16.5. The van der Waals surface area contributed by atoms with Crippen molar-refractivity contribution >= 4 is 21.8 Å². The molecule has 0 radical (unpaired) electrons. The Morgan fingerprint density at radius 1 is 1.08 bits per heavy atom. The molecule has 3 atom stereocenters. The molecule has 0 spiro atoms. The summed E-state index contributed by atoms with van der Waals surface area (Å²) >= 11 is 0. The fourth-order valence-corrected chi connectivity index (χ4v) is 6.20. The molecule has 0 bridgehead atoms. The lowest BCUT2D eigenvalue weighted by Gasteiger charge is -2.22. The first-order valence-electron chi connectivity index (χ1n) is 14.3. The minimum atomic E-state index is 0.313. The van der Waals surface area contributed by atoms with E-state index in [1.807, 2.05) is 6.20 Å². The van der Waals surface area contributed by atoms with E-state index in [1.54, 1.807) is 0 Å². The van der Waals surface area contributed by atoms with Crippen LogP contribution in [0.2, 0.25) is 0 Å². The number of rotatable bonds is 7. The van der Waals surface area contributed by atoms with Crippen LogP contribution in [0.25, 0.3) is 44.2 Å². The highest BCUT2D eigenvalue weighted by Gasteiger charge is 2.25. The van der Waals surface area contributed by atoms with Crippen LogP contribution in [0.1, 0.15) is 69.7 Å². The number of fused-ring (bicyclic) bond motifs is 6. The summed E-state index contributed by atoms with van der Waals surface area (Å²) in [6.45, 7) is 7.96. The number of imidazole rings is 2. The molecule has 3 aromatic carbocycles. The van der Waals surface area contributed by atoms with E-state index < -0.39 is 0 Å². The molecule has 7 rings (SSSR count). The van der Waals surface area contributed by atoms with Gasteiger partial charge in [0, 0.05) is 23.0 Å². The van der Waals surface area contributed by atoms with E-state index in [2.05, 4.69) is 88.8 Å². The molecule has 0 aliphatic carbocycles. The first kappa shape index (κ1) is 24.4. The van der Waals surface area contributed by atoms with E-state index in [9.17, 15) is 0 Å². The van der Waals surface area contributed by atoms with Gasteiger partial charge >= 0.3 is 0 Å². The third kappa shape index (κ3) is 4.49. The van der Waals surface area contributed by atoms with Gasteiger partial charge in [-0.3, -0.25) is 0 Å². The SMILES string of the molecule is CCC[C@H](C)NCc1nc2c(ccc3cc4c(cc32)OCc2cc(-c3cnc([C@@H]5CC[C@H](C)N5)[nH]3)ccc2-4)[nH]1. The number of hydrogen-bond acceptors (Lipinski definition) is 5. The van der Waals surface area contributed by atoms with Crippen molar-refractivity contribution < 1.29 is 4.74 Å². The van der Waals surface area contributed by atoms with Gasteiger partial charge in [-0.05, 0) is 79.5 Å². The van der Waals surface area contributed by atoms with Gasteiger partial charge in [0.1, 0.15) is 24.0 Å². The maximum absolute atomic E-state index is 6.32. The molecule has 1 fully saturated rings. The summed E-state index contributed by atoms with van der Waals surface area (Å²) in [7, 11) is 0. The summed E-state index contributed by atoms with van der Waals surface area (Å²) in [5.41, 5.74) is 7.80. The smallest absolute Gasteiger partial charge is 0.128 e. The van der Waals surface area contributed by atoms with Crippen molar-refractivity contribution in [1.29, 1.82) is 0 Å². The predicted molar refractivity (Wildman–Crippen MR) is 157 cm³/mol. The number of nitrogens with one attached hydrogen (secondary N) is 4. The Kier molecular flexibility index (Phi) is 6.13. The Morgan fingerprint density at radius 2 is 2.00 bits per heavy atom. The van der Waals surface area contributed by atoms with Crippen LogP contribution in [0.4, 0.5) is 0 Å². The van der Waals surface area contributed by atoms with E-state index in [1.165, 1.54) is 29.4 Å². The van der Waals surface area contributed by atoms with Crippen molar-refractivity contribution in [3.05, 3.63) is 65.9 Å². The zero-order chi connectivity index (χ0) is 26.5. The molecule has 1 saturated heterocycles. The molecule has 4 N–H and O–H groups in total. The standard InChI is InChI=1S/C32H36N6O/c1-4-5-18(2)33-16-30-36-26-11-8-20-13-25-23-9-7-21(28-15-34-32(37-28)27-10-6-19(3)35-27)12-22(23)17-39-29(25)14-24(20)31(26)38-30/h7-9,11-15,18-19,27,33,35H,4-6,10,16-17H2,1-3H3,(H,34,37)(H,36,38)/t18-,19-,27-/m0/s1. The minimum absolute atomic E-state index is 0.313. The Labute approximate surface area is 228 Å². The van der Waals surface area contributed by atoms with Crippen LogP contribution in [0.15, 0.2) is 48.7 Å². The largest absolute Gasteiger partial charge is 0.488 e. The number of benzene rings is 3. The molecule has 7 heteroatoms. The quantitative estimate of drug-likeness (QED) is 0.190. The zero-order valence-electron chi connectivity index (χ0n) is 22.9. The maximum atomic E-state index is 6.32. The molecule has 0 unspecified atom stereocenters. The zero-order valence-corrected chi connectivity index (χ0v) is 22.9. The second-order valence-electron chi connectivity index (χ2n) is 11.3. The van der Waals surface area contributed by atoms with Gasteiger partial charge in [0.05, 0.1) is 35.5 Å². The average molecular weight is 521 g/mol. The van der Waals surface area contributed by atoms with E-state index in [-0.39, 0.29) is 0 Å². The van der Waals surface area contributed by atoms with Crippen LogP contribution in [0.5, 0.6) is 5.75 Å². The predicted octanol–water partition coefficient (Wildman–Crippen LogP) is 6.76. The van der Waals surface area contributed by atoms with E-state index in [4.69, 9.17) is 9.72 Å². The lowest BCUT2D eigenvalue weighted by Crippen LogP contribution is -2.25. The molecule has 7 nitrogen and oxygen atoms in total. The number of ether oxygens (including phenoxy) is 1. The molecular weight excluding hydrogens is 484 g/mol. The van der Waals surface area contributed by atoms with E-state index >= 15 is 0 Å². The monoisotopic (exact) mass is 520 g/mol. The summed E-state index contributed by atoms with van der Waals surface area (Å²) in [6.07, 6.45) is 6.60. The summed E-state index contributed by atoms with van der Waals surface area (Å²) in [4.78, 5) is 16.7. The van der Waals surface area contributed by atoms with Crippen LogP contribution in [0.3, 0.4) is 0 Å². The highest BCUT2D eigenvalue weighted by molar-refractivity contribution is 6.07. The summed E-state index contributed by atoms with van der Waals surface area (Å²) < 4.78 is 6.32. The third-order valence-corrected chi connectivity index (χ3v) is 8.35. The topological polar surface area (TPSA) is 90.7 Å². The molecule has 0 amide bonds. The molecule has 2 aliphatic heterocycles. The Bertz CT molecular complexity index is 1670. The fourth-order valence-electron chi connectivity index (χ4n) is 6.20. The lowest BCUT2D eigenvalue weighted by atomic mass is 9.92. The van der Waals surface area contributed by atoms with Crippen molar-refractivity contribution in [3.8, 4) is 28.1 Å². The Hall–Kier alpha value is -3.68. The number of H-pyrrole nitrogens is 2. The number of nitrogens with zero attached hydrogens (tertiary/aromatic N) is 2. The average Bonchev–Trinajstić information content (AvgIpc) is 3.70. The number of hydrogen-bond donors (Lipinski definition) is 4. The van der Waals surface area contributed by atoms with Crippen LogP contribution in [0, 0.1) is 0 Å². The first-order chi connectivity index (χ1) is 19.1. The second kappa shape index (κ2) is 9.81. The van der Waals surface area contributed by atoms with E-state index in [0.29, 0.717) is 24.7 Å². The van der Waals surface area contributed by atoms with Gasteiger partial charge in [-0.25, -0.2) is 9.97 Å². The third-order valence-electron chi connectivity index (χ3n) is 8.35. The molecule has 2 aliphatic rings. The van der Waals surface area contributed by atoms with Crippen LogP contribution in [-0.4, -0.2) is 32.0 Å². The highest BCUT2D eigenvalue weighted by Crippen LogP contribution is 2.42. The molecule has 0 saturated carbocycles. The van der Waals surface area contributed by atoms with Gasteiger partial charge in [-0.2, -0.15) is 0 Å². The molecule has 200 valence electrons. The normalized spacial score (nSPS) is 19.3. The van der Waals surface area contributed by atoms with Gasteiger partial charge in [0.2, 0.25) is 0 Å². The second-order valence-corrected chi connectivity index (χ2v) is 11.3. The van der Waals surface area contributed by atoms with Crippen molar-refractivity contribution in [2.45, 2.75) is 77.7 Å². The molecule has 39 heavy (non-hydrogen) atoms. The summed E-state index contributed by atoms with van der Waals surface area (Å²) in [5, 5.41) is 9.48. The first-order valence-corrected chi connectivity index (χ1v) is 14.3. The molecule has 5 aromatic rings. The Morgan fingerprint density at radius 3 is 2.85 bits per heavy atom. The minimum Gasteiger partial charge on any atom is -0.488 e. The van der Waals surface area contributed by atoms with Gasteiger partial charge in [0.25, 0.3) is 0 Å². The van der Waals surface area contributed by atoms with Crippen LogP contribution >= 0.6 is 0 Å². The lowest BCUT2D eigenvalue weighted by molar-refractivity contribution is 0.303.